The number of ether oxygens (including phenoxy) is 1. The fourth-order valence-electron chi connectivity index (χ4n) is 4.15. The molecule has 4 rings (SSSR count). The SMILES string of the molecule is CC(C)(C)OC(=O)N1CCc2ccccc2C1CN1C(=O)c2ccc(C(=O)O)cc2C1=O. The molecular formula is C24H24N2O6. The first-order chi connectivity index (χ1) is 15.1. The number of aromatic carboxylic acids is 1. The molecule has 8 nitrogen and oxygen atoms in total. The number of carbonyl (C=O) groups is 4. The molecule has 0 spiro atoms. The highest BCUT2D eigenvalue weighted by molar-refractivity contribution is 6.22. The van der Waals surface area contributed by atoms with E-state index in [0.29, 0.717) is 13.0 Å². The molecule has 0 aromatic heterocycles. The third kappa shape index (κ3) is 3.84. The Hall–Kier alpha value is -3.68. The lowest BCUT2D eigenvalue weighted by atomic mass is 9.92. The molecule has 0 bridgehead atoms. The zero-order chi connectivity index (χ0) is 23.2. The number of rotatable bonds is 3. The summed E-state index contributed by atoms with van der Waals surface area (Å²) in [5.74, 6) is -2.25. The predicted molar refractivity (Wildman–Crippen MR) is 115 cm³/mol. The molecule has 0 fully saturated rings. The highest BCUT2D eigenvalue weighted by Gasteiger charge is 2.41. The van der Waals surface area contributed by atoms with Crippen molar-refractivity contribution in [1.29, 1.82) is 0 Å². The van der Waals surface area contributed by atoms with E-state index in [4.69, 9.17) is 4.74 Å². The van der Waals surface area contributed by atoms with Gasteiger partial charge >= 0.3 is 12.1 Å². The van der Waals surface area contributed by atoms with Crippen LogP contribution in [0.4, 0.5) is 4.79 Å². The number of hydrogen-bond acceptors (Lipinski definition) is 5. The standard InChI is InChI=1S/C24H24N2O6/c1-24(2,3)32-23(31)25-11-10-14-6-4-5-7-16(14)19(25)13-26-20(27)17-9-8-15(22(29)30)12-18(17)21(26)28/h4-9,12,19H,10-11,13H2,1-3H3,(H,29,30). The summed E-state index contributed by atoms with van der Waals surface area (Å²) in [7, 11) is 0. The zero-order valence-corrected chi connectivity index (χ0v) is 18.1. The van der Waals surface area contributed by atoms with Crippen molar-refractivity contribution in [2.24, 2.45) is 0 Å². The Labute approximate surface area is 185 Å². The van der Waals surface area contributed by atoms with E-state index in [-0.39, 0.29) is 23.2 Å². The first-order valence-corrected chi connectivity index (χ1v) is 10.4. The quantitative estimate of drug-likeness (QED) is 0.739. The zero-order valence-electron chi connectivity index (χ0n) is 18.1. The molecule has 1 N–H and O–H groups in total. The van der Waals surface area contributed by atoms with Gasteiger partial charge in [-0.2, -0.15) is 0 Å². The lowest BCUT2D eigenvalue weighted by Gasteiger charge is -2.39. The van der Waals surface area contributed by atoms with E-state index in [1.54, 1.807) is 25.7 Å². The Bertz CT molecular complexity index is 1130. The Morgan fingerprint density at radius 3 is 2.44 bits per heavy atom. The average molecular weight is 436 g/mol. The smallest absolute Gasteiger partial charge is 0.410 e. The van der Waals surface area contributed by atoms with Gasteiger partial charge < -0.3 is 9.84 Å². The van der Waals surface area contributed by atoms with Gasteiger partial charge in [0.1, 0.15) is 5.60 Å². The van der Waals surface area contributed by atoms with Gasteiger partial charge in [-0.05, 0) is 56.5 Å². The summed E-state index contributed by atoms with van der Waals surface area (Å²) in [4.78, 5) is 52.9. The van der Waals surface area contributed by atoms with E-state index in [1.807, 2.05) is 24.3 Å². The third-order valence-electron chi connectivity index (χ3n) is 5.61. The molecule has 0 saturated heterocycles. The van der Waals surface area contributed by atoms with Crippen LogP contribution in [0.3, 0.4) is 0 Å². The van der Waals surface area contributed by atoms with E-state index in [2.05, 4.69) is 0 Å². The third-order valence-corrected chi connectivity index (χ3v) is 5.61. The van der Waals surface area contributed by atoms with Gasteiger partial charge in [0.25, 0.3) is 11.8 Å². The van der Waals surface area contributed by atoms with E-state index >= 15 is 0 Å². The van der Waals surface area contributed by atoms with Gasteiger partial charge in [0.2, 0.25) is 0 Å². The van der Waals surface area contributed by atoms with E-state index < -0.39 is 35.5 Å². The van der Waals surface area contributed by atoms with Crippen molar-refractivity contribution in [1.82, 2.24) is 9.80 Å². The first-order valence-electron chi connectivity index (χ1n) is 10.4. The van der Waals surface area contributed by atoms with Crippen LogP contribution in [0.25, 0.3) is 0 Å². The van der Waals surface area contributed by atoms with Crippen molar-refractivity contribution in [3.63, 3.8) is 0 Å². The summed E-state index contributed by atoms with van der Waals surface area (Å²) in [6, 6.07) is 10.9. The second-order valence-electron chi connectivity index (χ2n) is 8.92. The maximum Gasteiger partial charge on any atom is 0.410 e. The van der Waals surface area contributed by atoms with Crippen LogP contribution in [0.1, 0.15) is 69.0 Å². The van der Waals surface area contributed by atoms with E-state index in [0.717, 1.165) is 16.0 Å². The molecule has 0 radical (unpaired) electrons. The lowest BCUT2D eigenvalue weighted by Crippen LogP contribution is -2.48. The fourth-order valence-corrected chi connectivity index (χ4v) is 4.15. The van der Waals surface area contributed by atoms with Crippen molar-refractivity contribution in [3.05, 3.63) is 70.3 Å². The molecule has 8 heteroatoms. The molecular weight excluding hydrogens is 412 g/mol. The number of benzene rings is 2. The number of carboxylic acids is 1. The predicted octanol–water partition coefficient (Wildman–Crippen LogP) is 3.52. The van der Waals surface area contributed by atoms with Crippen LogP contribution in [-0.4, -0.2) is 57.5 Å². The number of amides is 3. The largest absolute Gasteiger partial charge is 0.478 e. The van der Waals surface area contributed by atoms with Crippen LogP contribution in [0, 0.1) is 0 Å². The van der Waals surface area contributed by atoms with Crippen molar-refractivity contribution in [2.75, 3.05) is 13.1 Å². The maximum atomic E-state index is 13.1. The van der Waals surface area contributed by atoms with E-state index in [9.17, 15) is 24.3 Å². The van der Waals surface area contributed by atoms with Crippen LogP contribution in [-0.2, 0) is 11.2 Å². The molecule has 1 atom stereocenters. The van der Waals surface area contributed by atoms with Gasteiger partial charge in [-0.1, -0.05) is 24.3 Å². The van der Waals surface area contributed by atoms with E-state index in [1.165, 1.54) is 18.2 Å². The van der Waals surface area contributed by atoms with Crippen LogP contribution < -0.4 is 0 Å². The number of carboxylic acid groups (broad SMARTS) is 1. The van der Waals surface area contributed by atoms with Gasteiger partial charge in [-0.3, -0.25) is 19.4 Å². The summed E-state index contributed by atoms with van der Waals surface area (Å²) in [6.07, 6.45) is 0.123. The average Bonchev–Trinajstić information content (AvgIpc) is 2.97. The van der Waals surface area contributed by atoms with Gasteiger partial charge in [0, 0.05) is 6.54 Å². The van der Waals surface area contributed by atoms with Gasteiger partial charge in [-0.15, -0.1) is 0 Å². The van der Waals surface area contributed by atoms with Crippen molar-refractivity contribution >= 4 is 23.9 Å². The first kappa shape index (κ1) is 21.5. The molecule has 3 amide bonds. The molecule has 2 aromatic rings. The summed E-state index contributed by atoms with van der Waals surface area (Å²) < 4.78 is 5.58. The molecule has 2 aliphatic heterocycles. The normalized spacial score (nSPS) is 17.8. The van der Waals surface area contributed by atoms with Gasteiger partial charge in [0.15, 0.2) is 0 Å². The lowest BCUT2D eigenvalue weighted by molar-refractivity contribution is 0.00987. The highest BCUT2D eigenvalue weighted by atomic mass is 16.6. The Kier molecular flexibility index (Phi) is 5.24. The second-order valence-corrected chi connectivity index (χ2v) is 8.92. The number of imide groups is 1. The molecule has 166 valence electrons. The second kappa shape index (κ2) is 7.78. The maximum absolute atomic E-state index is 13.1. The Morgan fingerprint density at radius 2 is 1.75 bits per heavy atom. The highest BCUT2D eigenvalue weighted by Crippen LogP contribution is 2.34. The minimum Gasteiger partial charge on any atom is -0.478 e. The van der Waals surface area contributed by atoms with Crippen molar-refractivity contribution < 1.29 is 29.0 Å². The van der Waals surface area contributed by atoms with Crippen LogP contribution in [0.2, 0.25) is 0 Å². The van der Waals surface area contributed by atoms with Gasteiger partial charge in [-0.25, -0.2) is 9.59 Å². The van der Waals surface area contributed by atoms with Crippen molar-refractivity contribution in [2.45, 2.75) is 38.8 Å². The molecule has 1 unspecified atom stereocenters. The minimum absolute atomic E-state index is 0.0506. The molecule has 2 aromatic carbocycles. The minimum atomic E-state index is -1.18. The molecule has 32 heavy (non-hydrogen) atoms. The van der Waals surface area contributed by atoms with Crippen LogP contribution in [0.5, 0.6) is 0 Å². The number of nitrogens with zero attached hydrogens (tertiary/aromatic N) is 2. The number of carbonyl (C=O) groups excluding carboxylic acids is 3. The Balaban J connectivity index is 1.68. The molecule has 0 aliphatic carbocycles. The summed E-state index contributed by atoms with van der Waals surface area (Å²) in [5.41, 5.74) is 1.36. The van der Waals surface area contributed by atoms with Gasteiger partial charge in [0.05, 0.1) is 29.3 Å². The monoisotopic (exact) mass is 436 g/mol. The Morgan fingerprint density at radius 1 is 1.06 bits per heavy atom. The summed E-state index contributed by atoms with van der Waals surface area (Å²) in [6.45, 7) is 5.68. The number of fused-ring (bicyclic) bond motifs is 2. The summed E-state index contributed by atoms with van der Waals surface area (Å²) in [5, 5.41) is 9.23. The molecule has 2 heterocycles. The van der Waals surface area contributed by atoms with Crippen LogP contribution in [0.15, 0.2) is 42.5 Å². The van der Waals surface area contributed by atoms with Crippen LogP contribution >= 0.6 is 0 Å². The summed E-state index contributed by atoms with van der Waals surface area (Å²) >= 11 is 0. The van der Waals surface area contributed by atoms with Crippen molar-refractivity contribution in [3.8, 4) is 0 Å². The fraction of sp³-hybridized carbons (Fsp3) is 0.333. The topological polar surface area (TPSA) is 104 Å². The molecule has 2 aliphatic rings. The molecule has 0 saturated carbocycles. The number of hydrogen-bond donors (Lipinski definition) is 1.